The maximum Gasteiger partial charge on any atom is 0.121 e. The SMILES string of the molecule is C=CC[C@]1(C)[C@@]2(C)N=N[C@@]1(c1ccccc1)[C@H]1C=C[C@H]12. The highest BCUT2D eigenvalue weighted by molar-refractivity contribution is 5.46. The molecule has 0 aromatic heterocycles. The van der Waals surface area contributed by atoms with Crippen LogP contribution in [-0.2, 0) is 5.54 Å². The van der Waals surface area contributed by atoms with Crippen LogP contribution in [0.15, 0.2) is 65.4 Å². The van der Waals surface area contributed by atoms with Crippen LogP contribution in [0.1, 0.15) is 25.8 Å². The Morgan fingerprint density at radius 2 is 1.80 bits per heavy atom. The molecular formula is C18H20N2. The lowest BCUT2D eigenvalue weighted by molar-refractivity contribution is 0.148. The normalized spacial score (nSPS) is 47.1. The molecule has 0 saturated heterocycles. The molecule has 2 bridgehead atoms. The summed E-state index contributed by atoms with van der Waals surface area (Å²) in [6, 6.07) is 10.7. The van der Waals surface area contributed by atoms with Gasteiger partial charge in [0.2, 0.25) is 0 Å². The fraction of sp³-hybridized carbons (Fsp3) is 0.444. The second-order valence-corrected chi connectivity index (χ2v) is 6.74. The van der Waals surface area contributed by atoms with E-state index in [9.17, 15) is 0 Å². The maximum absolute atomic E-state index is 4.86. The molecule has 4 rings (SSSR count). The lowest BCUT2D eigenvalue weighted by Crippen LogP contribution is -2.45. The van der Waals surface area contributed by atoms with Crippen LogP contribution in [-0.4, -0.2) is 5.54 Å². The summed E-state index contributed by atoms with van der Waals surface area (Å²) < 4.78 is 0. The zero-order chi connectivity index (χ0) is 14.0. The fourth-order valence-electron chi connectivity index (χ4n) is 4.84. The molecule has 1 saturated carbocycles. The van der Waals surface area contributed by atoms with E-state index in [2.05, 4.69) is 62.9 Å². The summed E-state index contributed by atoms with van der Waals surface area (Å²) in [5, 5.41) is 9.62. The number of rotatable bonds is 3. The lowest BCUT2D eigenvalue weighted by Gasteiger charge is -2.41. The Bertz CT molecular complexity index is 632. The van der Waals surface area contributed by atoms with Crippen molar-refractivity contribution in [3.63, 3.8) is 0 Å². The van der Waals surface area contributed by atoms with Gasteiger partial charge in [-0.2, -0.15) is 10.2 Å². The topological polar surface area (TPSA) is 24.7 Å². The summed E-state index contributed by atoms with van der Waals surface area (Å²) in [6.45, 7) is 8.61. The van der Waals surface area contributed by atoms with Crippen molar-refractivity contribution in [1.29, 1.82) is 0 Å². The molecule has 1 aromatic rings. The van der Waals surface area contributed by atoms with Gasteiger partial charge in [-0.25, -0.2) is 0 Å². The van der Waals surface area contributed by atoms with E-state index in [1.807, 2.05) is 6.08 Å². The Hall–Kier alpha value is -1.70. The van der Waals surface area contributed by atoms with Gasteiger partial charge < -0.3 is 0 Å². The third-order valence-electron chi connectivity index (χ3n) is 6.18. The van der Waals surface area contributed by atoms with Gasteiger partial charge in [0, 0.05) is 17.3 Å². The number of azo groups is 1. The van der Waals surface area contributed by atoms with Crippen molar-refractivity contribution < 1.29 is 0 Å². The Kier molecular flexibility index (Phi) is 2.11. The second-order valence-electron chi connectivity index (χ2n) is 6.74. The number of nitrogens with zero attached hydrogens (tertiary/aromatic N) is 2. The van der Waals surface area contributed by atoms with Crippen molar-refractivity contribution in [2.45, 2.75) is 31.3 Å². The molecule has 20 heavy (non-hydrogen) atoms. The first-order valence-electron chi connectivity index (χ1n) is 7.39. The third kappa shape index (κ3) is 0.983. The van der Waals surface area contributed by atoms with E-state index in [-0.39, 0.29) is 16.5 Å². The molecule has 1 aliphatic heterocycles. The van der Waals surface area contributed by atoms with Gasteiger partial charge in [0.25, 0.3) is 0 Å². The van der Waals surface area contributed by atoms with Crippen LogP contribution in [0.3, 0.4) is 0 Å². The fourth-order valence-corrected chi connectivity index (χ4v) is 4.84. The van der Waals surface area contributed by atoms with Crippen LogP contribution >= 0.6 is 0 Å². The molecule has 0 unspecified atom stereocenters. The van der Waals surface area contributed by atoms with Crippen LogP contribution in [0.5, 0.6) is 0 Å². The molecule has 1 fully saturated rings. The summed E-state index contributed by atoms with van der Waals surface area (Å²) in [5.74, 6) is 1.00. The first-order chi connectivity index (χ1) is 9.60. The summed E-state index contributed by atoms with van der Waals surface area (Å²) in [5.41, 5.74) is 0.989. The average molecular weight is 264 g/mol. The van der Waals surface area contributed by atoms with Gasteiger partial charge in [0.15, 0.2) is 0 Å². The van der Waals surface area contributed by atoms with Gasteiger partial charge in [0.05, 0.1) is 5.54 Å². The molecule has 0 spiro atoms. The molecule has 0 amide bonds. The number of benzene rings is 1. The van der Waals surface area contributed by atoms with E-state index in [1.165, 1.54) is 5.56 Å². The van der Waals surface area contributed by atoms with Crippen LogP contribution < -0.4 is 0 Å². The van der Waals surface area contributed by atoms with Crippen LogP contribution in [0.25, 0.3) is 0 Å². The Balaban J connectivity index is 1.99. The van der Waals surface area contributed by atoms with Crippen molar-refractivity contribution >= 4 is 0 Å². The summed E-state index contributed by atoms with van der Waals surface area (Å²) >= 11 is 0. The highest BCUT2D eigenvalue weighted by atomic mass is 15.3. The molecular weight excluding hydrogens is 244 g/mol. The molecule has 0 radical (unpaired) electrons. The molecule has 102 valence electrons. The number of fused-ring (bicyclic) bond motifs is 5. The zero-order valence-corrected chi connectivity index (χ0v) is 12.1. The van der Waals surface area contributed by atoms with Gasteiger partial charge in [0.1, 0.15) is 5.54 Å². The predicted octanol–water partition coefficient (Wildman–Crippen LogP) is 4.50. The van der Waals surface area contributed by atoms with E-state index in [4.69, 9.17) is 10.2 Å². The predicted molar refractivity (Wildman–Crippen MR) is 80.4 cm³/mol. The number of allylic oxidation sites excluding steroid dienone is 1. The molecule has 5 atom stereocenters. The molecule has 2 heteroatoms. The quantitative estimate of drug-likeness (QED) is 0.718. The Morgan fingerprint density at radius 1 is 1.10 bits per heavy atom. The molecule has 2 aliphatic carbocycles. The second kappa shape index (κ2) is 3.49. The standard InChI is InChI=1S/C18H20N2/c1-4-12-16(2)17(3)14-10-11-15(14)18(16,20-19-17)13-8-6-5-7-9-13/h4-11,14-15H,1,12H2,2-3H3/t14-,15+,16-,17+,18+/m1/s1. The monoisotopic (exact) mass is 264 g/mol. The molecule has 2 nitrogen and oxygen atoms in total. The zero-order valence-electron chi connectivity index (χ0n) is 12.1. The van der Waals surface area contributed by atoms with Crippen molar-refractivity contribution in [3.8, 4) is 0 Å². The molecule has 1 aromatic carbocycles. The van der Waals surface area contributed by atoms with Gasteiger partial charge in [-0.1, -0.05) is 55.5 Å². The van der Waals surface area contributed by atoms with E-state index < -0.39 is 0 Å². The number of hydrogen-bond donors (Lipinski definition) is 0. The van der Waals surface area contributed by atoms with Gasteiger partial charge in [-0.05, 0) is 18.9 Å². The van der Waals surface area contributed by atoms with Crippen molar-refractivity contribution in [3.05, 3.63) is 60.7 Å². The van der Waals surface area contributed by atoms with Gasteiger partial charge >= 0.3 is 0 Å². The van der Waals surface area contributed by atoms with Crippen LogP contribution in [0.4, 0.5) is 0 Å². The van der Waals surface area contributed by atoms with Gasteiger partial charge in [-0.3, -0.25) is 0 Å². The molecule has 1 heterocycles. The Labute approximate surface area is 120 Å². The smallest absolute Gasteiger partial charge is 0.121 e. The summed E-state index contributed by atoms with van der Waals surface area (Å²) in [7, 11) is 0. The third-order valence-corrected chi connectivity index (χ3v) is 6.18. The van der Waals surface area contributed by atoms with Gasteiger partial charge in [-0.15, -0.1) is 6.58 Å². The van der Waals surface area contributed by atoms with E-state index in [0.717, 1.165) is 6.42 Å². The summed E-state index contributed by atoms with van der Waals surface area (Å²) in [6.07, 6.45) is 7.65. The minimum absolute atomic E-state index is 0.00192. The average Bonchev–Trinajstić information content (AvgIpc) is 2.67. The van der Waals surface area contributed by atoms with E-state index in [1.54, 1.807) is 0 Å². The minimum atomic E-state index is -0.212. The first kappa shape index (κ1) is 12.1. The van der Waals surface area contributed by atoms with Crippen molar-refractivity contribution in [1.82, 2.24) is 0 Å². The van der Waals surface area contributed by atoms with Crippen LogP contribution in [0, 0.1) is 17.3 Å². The minimum Gasteiger partial charge on any atom is -0.185 e. The number of hydrogen-bond acceptors (Lipinski definition) is 2. The lowest BCUT2D eigenvalue weighted by atomic mass is 9.61. The largest absolute Gasteiger partial charge is 0.185 e. The van der Waals surface area contributed by atoms with E-state index in [0.29, 0.717) is 11.8 Å². The van der Waals surface area contributed by atoms with Crippen molar-refractivity contribution in [2.24, 2.45) is 27.5 Å². The van der Waals surface area contributed by atoms with Crippen LogP contribution in [0.2, 0.25) is 0 Å². The highest BCUT2D eigenvalue weighted by Gasteiger charge is 2.77. The molecule has 3 aliphatic rings. The van der Waals surface area contributed by atoms with Crippen molar-refractivity contribution in [2.75, 3.05) is 0 Å². The summed E-state index contributed by atoms with van der Waals surface area (Å²) in [4.78, 5) is 0. The highest BCUT2D eigenvalue weighted by Crippen LogP contribution is 2.74. The maximum atomic E-state index is 4.86. The molecule has 0 N–H and O–H groups in total. The first-order valence-corrected chi connectivity index (χ1v) is 7.39. The Morgan fingerprint density at radius 3 is 2.40 bits per heavy atom. The van der Waals surface area contributed by atoms with E-state index >= 15 is 0 Å².